The molecule has 0 saturated carbocycles. The summed E-state index contributed by atoms with van der Waals surface area (Å²) in [7, 11) is 0.303. The molecule has 1 fully saturated rings. The van der Waals surface area contributed by atoms with Crippen molar-refractivity contribution in [3.63, 3.8) is 0 Å². The summed E-state index contributed by atoms with van der Waals surface area (Å²) in [5.74, 6) is -5.49. The molecule has 16 heteroatoms. The minimum Gasteiger partial charge on any atom is -0.498 e. The summed E-state index contributed by atoms with van der Waals surface area (Å²) in [6.45, 7) is 8.23. The van der Waals surface area contributed by atoms with Crippen LogP contribution >= 0.6 is 0 Å². The second-order valence-corrected chi connectivity index (χ2v) is 14.0. The smallest absolute Gasteiger partial charge is 0.321 e. The van der Waals surface area contributed by atoms with Gasteiger partial charge >= 0.3 is 12.0 Å². The van der Waals surface area contributed by atoms with Gasteiger partial charge in [0.05, 0.1) is 42.0 Å². The predicted molar refractivity (Wildman–Crippen MR) is 187 cm³/mol. The molecule has 51 heavy (non-hydrogen) atoms. The van der Waals surface area contributed by atoms with E-state index in [1.807, 2.05) is 0 Å². The number of hydrogen-bond donors (Lipinski definition) is 3. The van der Waals surface area contributed by atoms with E-state index in [1.165, 1.54) is 69.1 Å². The van der Waals surface area contributed by atoms with Gasteiger partial charge in [-0.3, -0.25) is 14.4 Å². The molecule has 276 valence electrons. The SMILES string of the molecule is C=C(/C=C\C(F)=C(/C)OC)[C@H](Nc1cc(C(N)=O)ccc1F)C(=O)N1CC[C@H](C(=O)OCC)[C@@H]1c1cc(NC(=O)N(C)C)ccc1S(=O)(=O)CC. The van der Waals surface area contributed by atoms with Crippen LogP contribution in [0.5, 0.6) is 0 Å². The summed E-state index contributed by atoms with van der Waals surface area (Å²) >= 11 is 0. The second-order valence-electron chi connectivity index (χ2n) is 11.8. The number of allylic oxidation sites excluding steroid dienone is 3. The van der Waals surface area contributed by atoms with Crippen molar-refractivity contribution in [3.8, 4) is 0 Å². The first-order chi connectivity index (χ1) is 24.0. The van der Waals surface area contributed by atoms with E-state index in [9.17, 15) is 32.0 Å². The summed E-state index contributed by atoms with van der Waals surface area (Å²) in [6, 6.07) is 3.94. The third-order valence-electron chi connectivity index (χ3n) is 8.23. The summed E-state index contributed by atoms with van der Waals surface area (Å²) < 4.78 is 67.0. The summed E-state index contributed by atoms with van der Waals surface area (Å²) in [5, 5.41) is 5.40. The van der Waals surface area contributed by atoms with Gasteiger partial charge in [0.1, 0.15) is 17.6 Å². The van der Waals surface area contributed by atoms with Gasteiger partial charge in [0.25, 0.3) is 0 Å². The van der Waals surface area contributed by atoms with Crippen molar-refractivity contribution in [2.45, 2.75) is 44.2 Å². The number of esters is 1. The summed E-state index contributed by atoms with van der Waals surface area (Å²) in [5.41, 5.74) is 5.15. The van der Waals surface area contributed by atoms with Crippen molar-refractivity contribution >= 4 is 45.0 Å². The maximum Gasteiger partial charge on any atom is 0.321 e. The molecule has 1 saturated heterocycles. The Labute approximate surface area is 296 Å². The van der Waals surface area contributed by atoms with E-state index in [-0.39, 0.29) is 64.1 Å². The highest BCUT2D eigenvalue weighted by Crippen LogP contribution is 2.43. The van der Waals surface area contributed by atoms with E-state index >= 15 is 4.39 Å². The number of benzene rings is 2. The highest BCUT2D eigenvalue weighted by Gasteiger charge is 2.46. The molecule has 1 aliphatic rings. The number of carbonyl (C=O) groups is 4. The van der Waals surface area contributed by atoms with Crippen LogP contribution in [0.4, 0.5) is 25.0 Å². The van der Waals surface area contributed by atoms with Crippen molar-refractivity contribution < 1.29 is 45.9 Å². The van der Waals surface area contributed by atoms with E-state index < -0.39 is 63.3 Å². The lowest BCUT2D eigenvalue weighted by atomic mass is 9.92. The molecule has 4 amide bonds. The van der Waals surface area contributed by atoms with E-state index in [2.05, 4.69) is 17.2 Å². The molecule has 2 aromatic carbocycles. The third-order valence-corrected chi connectivity index (χ3v) is 10.0. The molecule has 4 N–H and O–H groups in total. The number of methoxy groups -OCH3 is 1. The Hall–Kier alpha value is -5.25. The monoisotopic (exact) mass is 731 g/mol. The molecule has 0 unspecified atom stereocenters. The van der Waals surface area contributed by atoms with E-state index in [4.69, 9.17) is 15.2 Å². The van der Waals surface area contributed by atoms with E-state index in [1.54, 1.807) is 6.92 Å². The Morgan fingerprint density at radius 1 is 1.14 bits per heavy atom. The Kier molecular flexibility index (Phi) is 13.5. The number of primary amides is 1. The number of rotatable bonds is 14. The van der Waals surface area contributed by atoms with Crippen LogP contribution in [0.1, 0.15) is 49.2 Å². The maximum atomic E-state index is 15.1. The molecule has 0 bridgehead atoms. The van der Waals surface area contributed by atoms with Crippen LogP contribution in [-0.2, 0) is 28.9 Å². The van der Waals surface area contributed by atoms with Crippen LogP contribution in [0.3, 0.4) is 0 Å². The zero-order valence-corrected chi connectivity index (χ0v) is 30.1. The maximum absolute atomic E-state index is 15.1. The molecule has 3 rings (SSSR count). The van der Waals surface area contributed by atoms with Crippen LogP contribution in [0, 0.1) is 11.7 Å². The molecule has 0 aromatic heterocycles. The van der Waals surface area contributed by atoms with Crippen molar-refractivity contribution in [1.82, 2.24) is 9.80 Å². The number of nitrogens with one attached hydrogen (secondary N) is 2. The van der Waals surface area contributed by atoms with Gasteiger partial charge in [-0.1, -0.05) is 19.6 Å². The Balaban J connectivity index is 2.28. The first-order valence-electron chi connectivity index (χ1n) is 15.9. The standard InChI is InChI=1S/C35H43F2N5O8S/c1-8-50-34(45)24-16-17-42(31(24)25-19-23(39-35(46)41(5)6)12-15-29(25)51(47,48)9-2)33(44)30(20(3)10-13-26(36)21(4)49-7)40-28-18-22(32(38)43)11-14-27(28)37/h10-15,18-19,24,30-31,40H,3,8-9,16-17H2,1-2,4-7H3,(H2,38,43)(H,39,46)/b13-10-,26-21-/t24-,30-,31+/m0/s1. The lowest BCUT2D eigenvalue weighted by molar-refractivity contribution is -0.149. The first-order valence-corrected chi connectivity index (χ1v) is 17.6. The highest BCUT2D eigenvalue weighted by molar-refractivity contribution is 7.91. The van der Waals surface area contributed by atoms with Crippen molar-refractivity contribution in [1.29, 1.82) is 0 Å². The van der Waals surface area contributed by atoms with Gasteiger partial charge in [0.2, 0.25) is 11.8 Å². The molecule has 3 atom stereocenters. The van der Waals surface area contributed by atoms with Crippen LogP contribution in [-0.4, -0.2) is 88.2 Å². The number of carbonyl (C=O) groups excluding carboxylic acids is 4. The molecule has 0 radical (unpaired) electrons. The molecule has 0 aliphatic carbocycles. The van der Waals surface area contributed by atoms with Gasteiger partial charge in [-0.15, -0.1) is 0 Å². The fourth-order valence-electron chi connectivity index (χ4n) is 5.37. The zero-order valence-electron chi connectivity index (χ0n) is 29.3. The van der Waals surface area contributed by atoms with Crippen LogP contribution in [0.2, 0.25) is 0 Å². The number of hydrogen-bond acceptors (Lipinski definition) is 9. The second kappa shape index (κ2) is 17.1. The molecule has 1 aliphatic heterocycles. The number of nitrogens with two attached hydrogens (primary N) is 1. The van der Waals surface area contributed by atoms with Gasteiger partial charge in [-0.25, -0.2) is 22.0 Å². The third kappa shape index (κ3) is 9.51. The van der Waals surface area contributed by atoms with Crippen molar-refractivity contribution in [2.75, 3.05) is 50.7 Å². The Bertz CT molecular complexity index is 1860. The molecular formula is C35H43F2N5O8S. The highest BCUT2D eigenvalue weighted by atomic mass is 32.2. The van der Waals surface area contributed by atoms with Gasteiger partial charge in [-0.2, -0.15) is 0 Å². The minimum atomic E-state index is -3.98. The largest absolute Gasteiger partial charge is 0.498 e. The van der Waals surface area contributed by atoms with Gasteiger partial charge < -0.3 is 35.6 Å². The molecule has 0 spiro atoms. The fraction of sp³-hybridized carbons (Fsp3) is 0.371. The first kappa shape index (κ1) is 40.2. The van der Waals surface area contributed by atoms with Gasteiger partial charge in [-0.05, 0) is 73.9 Å². The average molecular weight is 732 g/mol. The number of sulfone groups is 1. The lowest BCUT2D eigenvalue weighted by Crippen LogP contribution is -2.45. The molecule has 1 heterocycles. The minimum absolute atomic E-state index is 0.00369. The summed E-state index contributed by atoms with van der Waals surface area (Å²) in [4.78, 5) is 54.9. The number of amides is 4. The van der Waals surface area contributed by atoms with Crippen molar-refractivity contribution in [3.05, 3.63) is 89.2 Å². The number of likely N-dealkylation sites (tertiary alicyclic amines) is 1. The van der Waals surface area contributed by atoms with E-state index in [0.29, 0.717) is 0 Å². The zero-order chi connectivity index (χ0) is 38.2. The number of ether oxygens (including phenoxy) is 2. The molecular weight excluding hydrogens is 688 g/mol. The Morgan fingerprint density at radius 2 is 1.82 bits per heavy atom. The van der Waals surface area contributed by atoms with Crippen LogP contribution in [0.15, 0.2) is 77.2 Å². The predicted octanol–water partition coefficient (Wildman–Crippen LogP) is 4.70. The number of anilines is 2. The fourth-order valence-corrected chi connectivity index (χ4v) is 6.49. The van der Waals surface area contributed by atoms with Crippen molar-refractivity contribution in [2.24, 2.45) is 11.7 Å². The van der Waals surface area contributed by atoms with E-state index in [0.717, 1.165) is 24.3 Å². The van der Waals surface area contributed by atoms with Gasteiger partial charge in [0, 0.05) is 31.9 Å². The number of nitrogens with zero attached hydrogens (tertiary/aromatic N) is 2. The normalized spacial score (nSPS) is 17.0. The number of halogens is 2. The van der Waals surface area contributed by atoms with Gasteiger partial charge in [0.15, 0.2) is 15.7 Å². The lowest BCUT2D eigenvalue weighted by Gasteiger charge is -2.33. The molecule has 13 nitrogen and oxygen atoms in total. The molecule has 2 aromatic rings. The van der Waals surface area contributed by atoms with Crippen LogP contribution in [0.25, 0.3) is 0 Å². The number of urea groups is 1. The Morgan fingerprint density at radius 3 is 2.41 bits per heavy atom. The quantitative estimate of drug-likeness (QED) is 0.141. The topological polar surface area (TPSA) is 177 Å². The average Bonchev–Trinajstić information content (AvgIpc) is 3.54. The van der Waals surface area contributed by atoms with Crippen LogP contribution < -0.4 is 16.4 Å². The summed E-state index contributed by atoms with van der Waals surface area (Å²) in [6.07, 6.45) is 2.20.